The van der Waals surface area contributed by atoms with E-state index in [-0.39, 0.29) is 10.1 Å². The largest absolute Gasteiger partial charge is 0.273 e. The lowest BCUT2D eigenvalue weighted by Crippen LogP contribution is -2.00. The second kappa shape index (κ2) is 3.39. The van der Waals surface area contributed by atoms with Gasteiger partial charge in [0, 0.05) is 0 Å². The molecule has 2 N–H and O–H groups in total. The zero-order valence-electron chi connectivity index (χ0n) is 4.38. The van der Waals surface area contributed by atoms with Crippen LogP contribution < -0.4 is 5.14 Å². The van der Waals surface area contributed by atoms with Crippen LogP contribution in [0.25, 0.3) is 0 Å². The van der Waals surface area contributed by atoms with E-state index in [1.165, 1.54) is 23.7 Å². The molecule has 2 atom stereocenters. The summed E-state index contributed by atoms with van der Waals surface area (Å²) in [6.45, 7) is 0. The lowest BCUT2D eigenvalue weighted by atomic mass is 10.5. The SMILES string of the molecule is NSC1=CC(Cl)C(Cl)S1. The fourth-order valence-corrected chi connectivity index (χ4v) is 2.85. The van der Waals surface area contributed by atoms with Crippen molar-refractivity contribution < 1.29 is 0 Å². The molecule has 1 nitrogen and oxygen atoms in total. The fraction of sp³-hybridized carbons (Fsp3) is 0.500. The van der Waals surface area contributed by atoms with Crippen molar-refractivity contribution in [3.8, 4) is 0 Å². The van der Waals surface area contributed by atoms with Gasteiger partial charge in [-0.05, 0) is 18.0 Å². The van der Waals surface area contributed by atoms with E-state index in [1.807, 2.05) is 6.08 Å². The highest BCUT2D eigenvalue weighted by atomic mass is 35.5. The Morgan fingerprint density at radius 3 is 2.56 bits per heavy atom. The van der Waals surface area contributed by atoms with Gasteiger partial charge in [-0.15, -0.1) is 23.2 Å². The third-order valence-electron chi connectivity index (χ3n) is 0.891. The van der Waals surface area contributed by atoms with E-state index < -0.39 is 0 Å². The molecule has 0 fully saturated rings. The Hall–Kier alpha value is 0.980. The van der Waals surface area contributed by atoms with Crippen molar-refractivity contribution in [1.82, 2.24) is 0 Å². The number of allylic oxidation sites excluding steroid dienone is 1. The summed E-state index contributed by atoms with van der Waals surface area (Å²) in [5.41, 5.74) is 0. The minimum absolute atomic E-state index is 0.0438. The molecular weight excluding hydrogens is 197 g/mol. The summed E-state index contributed by atoms with van der Waals surface area (Å²) in [6, 6.07) is 0. The van der Waals surface area contributed by atoms with Gasteiger partial charge in [-0.1, -0.05) is 11.8 Å². The van der Waals surface area contributed by atoms with Crippen LogP contribution in [0, 0.1) is 0 Å². The maximum atomic E-state index is 5.75. The van der Waals surface area contributed by atoms with Crippen molar-refractivity contribution in [3.63, 3.8) is 0 Å². The molecule has 0 aromatic rings. The van der Waals surface area contributed by atoms with Crippen LogP contribution in [0.2, 0.25) is 0 Å². The lowest BCUT2D eigenvalue weighted by molar-refractivity contribution is 1.20. The van der Waals surface area contributed by atoms with E-state index in [0.29, 0.717) is 0 Å². The van der Waals surface area contributed by atoms with Crippen LogP contribution in [0.5, 0.6) is 0 Å². The van der Waals surface area contributed by atoms with Gasteiger partial charge in [0.2, 0.25) is 0 Å². The topological polar surface area (TPSA) is 26.0 Å². The number of hydrogen-bond donors (Lipinski definition) is 1. The minimum Gasteiger partial charge on any atom is -0.273 e. The predicted octanol–water partition coefficient (Wildman–Crippen LogP) is 2.35. The van der Waals surface area contributed by atoms with Crippen LogP contribution in [0.15, 0.2) is 10.3 Å². The van der Waals surface area contributed by atoms with Gasteiger partial charge in [0.25, 0.3) is 0 Å². The number of hydrogen-bond acceptors (Lipinski definition) is 3. The maximum absolute atomic E-state index is 5.75. The molecule has 0 bridgehead atoms. The van der Waals surface area contributed by atoms with E-state index in [9.17, 15) is 0 Å². The van der Waals surface area contributed by atoms with E-state index in [1.54, 1.807) is 0 Å². The number of nitrogens with two attached hydrogens (primary N) is 1. The van der Waals surface area contributed by atoms with Gasteiger partial charge in [-0.25, -0.2) is 0 Å². The normalized spacial score (nSPS) is 34.8. The third kappa shape index (κ3) is 1.95. The number of alkyl halides is 2. The second-order valence-electron chi connectivity index (χ2n) is 1.52. The summed E-state index contributed by atoms with van der Waals surface area (Å²) in [5, 5.41) is 5.20. The highest BCUT2D eigenvalue weighted by Gasteiger charge is 2.24. The fourth-order valence-electron chi connectivity index (χ4n) is 0.488. The van der Waals surface area contributed by atoms with Crippen molar-refractivity contribution in [1.29, 1.82) is 0 Å². The zero-order chi connectivity index (χ0) is 6.85. The van der Waals surface area contributed by atoms with E-state index in [4.69, 9.17) is 28.3 Å². The van der Waals surface area contributed by atoms with Crippen molar-refractivity contribution >= 4 is 46.9 Å². The molecule has 9 heavy (non-hydrogen) atoms. The number of thioether (sulfide) groups is 1. The third-order valence-corrected chi connectivity index (χ3v) is 3.92. The predicted molar refractivity (Wildman–Crippen MR) is 46.7 cm³/mol. The molecule has 0 radical (unpaired) electrons. The molecule has 2 unspecified atom stereocenters. The molecule has 0 saturated heterocycles. The van der Waals surface area contributed by atoms with Gasteiger partial charge in [-0.3, -0.25) is 5.14 Å². The van der Waals surface area contributed by atoms with Gasteiger partial charge in [-0.2, -0.15) is 0 Å². The van der Waals surface area contributed by atoms with Crippen molar-refractivity contribution in [2.45, 2.75) is 10.1 Å². The van der Waals surface area contributed by atoms with E-state index in [0.717, 1.165) is 4.24 Å². The molecule has 0 saturated carbocycles. The Labute approximate surface area is 72.5 Å². The number of rotatable bonds is 1. The van der Waals surface area contributed by atoms with E-state index in [2.05, 4.69) is 0 Å². The smallest absolute Gasteiger partial charge is 0.104 e. The first-order valence-corrected chi connectivity index (χ1v) is 4.90. The van der Waals surface area contributed by atoms with Crippen LogP contribution >= 0.6 is 46.9 Å². The molecule has 0 amide bonds. The van der Waals surface area contributed by atoms with Gasteiger partial charge < -0.3 is 0 Å². The summed E-state index contributed by atoms with van der Waals surface area (Å²) in [7, 11) is 0. The molecule has 0 aromatic carbocycles. The molecule has 52 valence electrons. The van der Waals surface area contributed by atoms with Crippen molar-refractivity contribution in [3.05, 3.63) is 10.3 Å². The summed E-state index contributed by atoms with van der Waals surface area (Å²) in [6.07, 6.45) is 1.87. The van der Waals surface area contributed by atoms with Crippen LogP contribution in [0.4, 0.5) is 0 Å². The summed E-state index contributed by atoms with van der Waals surface area (Å²) < 4.78 is 0.965. The van der Waals surface area contributed by atoms with Gasteiger partial charge in [0.05, 0.1) is 9.61 Å². The summed E-state index contributed by atoms with van der Waals surface area (Å²) in [4.78, 5) is 0. The van der Waals surface area contributed by atoms with Crippen LogP contribution in [0.3, 0.4) is 0 Å². The molecule has 1 heterocycles. The first-order valence-electron chi connectivity index (χ1n) is 2.27. The Morgan fingerprint density at radius 2 is 2.33 bits per heavy atom. The summed E-state index contributed by atoms with van der Waals surface area (Å²) >= 11 is 14.2. The Balaban J connectivity index is 2.52. The average molecular weight is 202 g/mol. The molecule has 1 aliphatic heterocycles. The van der Waals surface area contributed by atoms with Gasteiger partial charge in [0.15, 0.2) is 0 Å². The monoisotopic (exact) mass is 201 g/mol. The molecule has 0 aliphatic carbocycles. The molecule has 5 heteroatoms. The number of halogens is 2. The average Bonchev–Trinajstić information content (AvgIpc) is 2.13. The highest BCUT2D eigenvalue weighted by Crippen LogP contribution is 2.41. The first kappa shape index (κ1) is 8.08. The second-order valence-corrected chi connectivity index (χ2v) is 4.87. The molecule has 0 aromatic heterocycles. The summed E-state index contributed by atoms with van der Waals surface area (Å²) in [5.74, 6) is 0. The van der Waals surface area contributed by atoms with Crippen LogP contribution in [0.1, 0.15) is 0 Å². The maximum Gasteiger partial charge on any atom is 0.104 e. The van der Waals surface area contributed by atoms with Crippen molar-refractivity contribution in [2.75, 3.05) is 0 Å². The quantitative estimate of drug-likeness (QED) is 0.522. The first-order chi connectivity index (χ1) is 4.24. The van der Waals surface area contributed by atoms with Crippen LogP contribution in [-0.4, -0.2) is 10.1 Å². The molecule has 1 aliphatic rings. The minimum atomic E-state index is -0.0669. The van der Waals surface area contributed by atoms with Crippen LogP contribution in [-0.2, 0) is 0 Å². The zero-order valence-corrected chi connectivity index (χ0v) is 7.53. The Morgan fingerprint density at radius 1 is 1.67 bits per heavy atom. The van der Waals surface area contributed by atoms with Crippen molar-refractivity contribution in [2.24, 2.45) is 5.14 Å². The molecule has 0 spiro atoms. The van der Waals surface area contributed by atoms with Gasteiger partial charge >= 0.3 is 0 Å². The molecule has 1 rings (SSSR count). The lowest BCUT2D eigenvalue weighted by Gasteiger charge is -2.00. The van der Waals surface area contributed by atoms with E-state index >= 15 is 0 Å². The Bertz CT molecular complexity index is 139. The Kier molecular flexibility index (Phi) is 3.05. The molecular formula is C4H5Cl2NS2. The standard InChI is InChI=1S/C4H5Cl2NS2/c5-2-1-3(9-7)8-4(2)6/h1-2,4H,7H2. The highest BCUT2D eigenvalue weighted by molar-refractivity contribution is 8.22. The van der Waals surface area contributed by atoms with Gasteiger partial charge in [0.1, 0.15) is 4.71 Å².